The van der Waals surface area contributed by atoms with Crippen LogP contribution in [0.15, 0.2) is 42.7 Å². The Balaban J connectivity index is 2.40. The van der Waals surface area contributed by atoms with E-state index in [1.54, 1.807) is 30.1 Å². The van der Waals surface area contributed by atoms with Crippen LogP contribution >= 0.6 is 0 Å². The molecule has 0 atom stereocenters. The fourth-order valence-electron chi connectivity index (χ4n) is 1.56. The number of hydrogen-bond acceptors (Lipinski definition) is 2. The number of Topliss-reactive ketones (excluding diaryl/α,β-unsaturated/α-hetero) is 1. The van der Waals surface area contributed by atoms with Gasteiger partial charge in [0, 0.05) is 19.3 Å². The Kier molecular flexibility index (Phi) is 3.19. The van der Waals surface area contributed by atoms with Gasteiger partial charge in [0.1, 0.15) is 5.70 Å². The van der Waals surface area contributed by atoms with Crippen molar-refractivity contribution in [2.75, 3.05) is 0 Å². The molecule has 2 aromatic rings. The molecule has 0 fully saturated rings. The summed E-state index contributed by atoms with van der Waals surface area (Å²) in [4.78, 5) is 11.6. The highest BCUT2D eigenvalue weighted by molar-refractivity contribution is 6.18. The summed E-state index contributed by atoms with van der Waals surface area (Å²) < 4.78 is 1.59. The molecule has 1 aromatic heterocycles. The normalized spacial score (nSPS) is 11.5. The molecule has 0 bridgehead atoms. The molecule has 0 aliphatic rings. The minimum Gasteiger partial charge on any atom is -0.293 e. The Morgan fingerprint density at radius 1 is 1.29 bits per heavy atom. The van der Waals surface area contributed by atoms with Crippen molar-refractivity contribution in [1.82, 2.24) is 9.78 Å². The smallest absolute Gasteiger partial charge is 0.178 e. The van der Waals surface area contributed by atoms with Gasteiger partial charge in [-0.25, -0.2) is 4.68 Å². The summed E-state index contributed by atoms with van der Waals surface area (Å²) in [6, 6.07) is 9.81. The molecule has 0 radical (unpaired) electrons. The third kappa shape index (κ3) is 2.69. The summed E-state index contributed by atoms with van der Waals surface area (Å²) in [5.74, 6) is -0.00530. The minimum atomic E-state index is -0.00530. The van der Waals surface area contributed by atoms with E-state index in [4.69, 9.17) is 0 Å². The molecule has 86 valence electrons. The predicted octanol–water partition coefficient (Wildman–Crippen LogP) is 2.78. The second-order valence-corrected chi connectivity index (χ2v) is 3.95. The van der Waals surface area contributed by atoms with Gasteiger partial charge in [-0.1, -0.05) is 29.8 Å². The van der Waals surface area contributed by atoms with E-state index < -0.39 is 0 Å². The summed E-state index contributed by atoms with van der Waals surface area (Å²) in [7, 11) is 0. The Hall–Kier alpha value is -2.16. The highest BCUT2D eigenvalue weighted by Crippen LogP contribution is 2.12. The monoisotopic (exact) mass is 226 g/mol. The van der Waals surface area contributed by atoms with E-state index >= 15 is 0 Å². The lowest BCUT2D eigenvalue weighted by molar-refractivity contribution is -0.112. The highest BCUT2D eigenvalue weighted by Gasteiger charge is 2.06. The van der Waals surface area contributed by atoms with Crippen LogP contribution in [0.1, 0.15) is 18.1 Å². The number of carbonyl (C=O) groups excluding carboxylic acids is 1. The predicted molar refractivity (Wildman–Crippen MR) is 68.3 cm³/mol. The quantitative estimate of drug-likeness (QED) is 0.754. The van der Waals surface area contributed by atoms with E-state index in [2.05, 4.69) is 5.10 Å². The van der Waals surface area contributed by atoms with E-state index in [1.807, 2.05) is 37.3 Å². The molecule has 0 amide bonds. The topological polar surface area (TPSA) is 34.9 Å². The van der Waals surface area contributed by atoms with Gasteiger partial charge in [-0.2, -0.15) is 5.10 Å². The lowest BCUT2D eigenvalue weighted by atomic mass is 10.1. The van der Waals surface area contributed by atoms with Gasteiger partial charge in [-0.05, 0) is 24.6 Å². The lowest BCUT2D eigenvalue weighted by Gasteiger charge is -2.04. The van der Waals surface area contributed by atoms with Crippen molar-refractivity contribution in [3.8, 4) is 0 Å². The van der Waals surface area contributed by atoms with Crippen molar-refractivity contribution in [2.45, 2.75) is 13.8 Å². The van der Waals surface area contributed by atoms with Crippen molar-refractivity contribution in [2.24, 2.45) is 0 Å². The first kappa shape index (κ1) is 11.3. The maximum absolute atomic E-state index is 11.6. The molecule has 0 aliphatic carbocycles. The molecular weight excluding hydrogens is 212 g/mol. The average molecular weight is 226 g/mol. The number of benzene rings is 1. The molecule has 3 nitrogen and oxygen atoms in total. The zero-order valence-electron chi connectivity index (χ0n) is 9.92. The molecule has 3 heteroatoms. The van der Waals surface area contributed by atoms with Gasteiger partial charge >= 0.3 is 0 Å². The maximum Gasteiger partial charge on any atom is 0.178 e. The van der Waals surface area contributed by atoms with Gasteiger partial charge in [0.05, 0.1) is 0 Å². The van der Waals surface area contributed by atoms with Crippen molar-refractivity contribution in [3.05, 3.63) is 53.9 Å². The summed E-state index contributed by atoms with van der Waals surface area (Å²) >= 11 is 0. The van der Waals surface area contributed by atoms with E-state index in [9.17, 15) is 4.79 Å². The minimum absolute atomic E-state index is 0.00530. The molecular formula is C14H14N2O. The van der Waals surface area contributed by atoms with Crippen LogP contribution in [0.4, 0.5) is 0 Å². The van der Waals surface area contributed by atoms with Gasteiger partial charge in [0.15, 0.2) is 5.78 Å². The first-order chi connectivity index (χ1) is 8.16. The molecule has 1 aromatic carbocycles. The van der Waals surface area contributed by atoms with Crippen LogP contribution < -0.4 is 0 Å². The molecule has 0 saturated carbocycles. The lowest BCUT2D eigenvalue weighted by Crippen LogP contribution is -2.05. The maximum atomic E-state index is 11.6. The highest BCUT2D eigenvalue weighted by atomic mass is 16.1. The third-order valence-electron chi connectivity index (χ3n) is 2.49. The van der Waals surface area contributed by atoms with Gasteiger partial charge in [-0.3, -0.25) is 4.79 Å². The third-order valence-corrected chi connectivity index (χ3v) is 2.49. The number of aryl methyl sites for hydroxylation is 1. The van der Waals surface area contributed by atoms with E-state index in [0.29, 0.717) is 5.70 Å². The number of allylic oxidation sites excluding steroid dienone is 1. The second kappa shape index (κ2) is 4.78. The van der Waals surface area contributed by atoms with E-state index in [0.717, 1.165) is 5.56 Å². The van der Waals surface area contributed by atoms with Crippen LogP contribution in [0.25, 0.3) is 11.8 Å². The second-order valence-electron chi connectivity index (χ2n) is 3.95. The van der Waals surface area contributed by atoms with Crippen LogP contribution in [0.3, 0.4) is 0 Å². The first-order valence-electron chi connectivity index (χ1n) is 5.46. The Morgan fingerprint density at radius 2 is 2.00 bits per heavy atom. The molecule has 2 rings (SSSR count). The molecule has 0 aliphatic heterocycles. The summed E-state index contributed by atoms with van der Waals surface area (Å²) in [6.07, 6.45) is 5.27. The van der Waals surface area contributed by atoms with Gasteiger partial charge in [-0.15, -0.1) is 0 Å². The van der Waals surface area contributed by atoms with Gasteiger partial charge in [0.2, 0.25) is 0 Å². The van der Waals surface area contributed by atoms with Crippen LogP contribution in [0.2, 0.25) is 0 Å². The number of hydrogen-bond donors (Lipinski definition) is 0. The number of aromatic nitrogens is 2. The van der Waals surface area contributed by atoms with Crippen LogP contribution in [-0.4, -0.2) is 15.6 Å². The van der Waals surface area contributed by atoms with Crippen molar-refractivity contribution < 1.29 is 4.79 Å². The molecule has 1 heterocycles. The van der Waals surface area contributed by atoms with Crippen molar-refractivity contribution in [3.63, 3.8) is 0 Å². The number of ketones is 1. The Morgan fingerprint density at radius 3 is 2.53 bits per heavy atom. The standard InChI is InChI=1S/C14H14N2O/c1-11-4-6-13(7-5-11)10-14(12(2)17)16-9-3-8-15-16/h3-10H,1-2H3/b14-10-. The molecule has 0 spiro atoms. The largest absolute Gasteiger partial charge is 0.293 e. The van der Waals surface area contributed by atoms with E-state index in [-0.39, 0.29) is 5.78 Å². The number of carbonyl (C=O) groups is 1. The van der Waals surface area contributed by atoms with Crippen LogP contribution in [0, 0.1) is 6.92 Å². The zero-order valence-corrected chi connectivity index (χ0v) is 9.92. The zero-order chi connectivity index (χ0) is 12.3. The van der Waals surface area contributed by atoms with Crippen molar-refractivity contribution >= 4 is 17.6 Å². The Labute approximate surface area is 100 Å². The van der Waals surface area contributed by atoms with Crippen molar-refractivity contribution in [1.29, 1.82) is 0 Å². The molecule has 0 N–H and O–H groups in total. The van der Waals surface area contributed by atoms with Gasteiger partial charge < -0.3 is 0 Å². The number of nitrogens with zero attached hydrogens (tertiary/aromatic N) is 2. The molecule has 0 unspecified atom stereocenters. The molecule has 17 heavy (non-hydrogen) atoms. The Bertz CT molecular complexity index is 536. The fourth-order valence-corrected chi connectivity index (χ4v) is 1.56. The summed E-state index contributed by atoms with van der Waals surface area (Å²) in [5, 5.41) is 4.08. The summed E-state index contributed by atoms with van der Waals surface area (Å²) in [6.45, 7) is 3.58. The van der Waals surface area contributed by atoms with Crippen LogP contribution in [0.5, 0.6) is 0 Å². The number of rotatable bonds is 3. The first-order valence-corrected chi connectivity index (χ1v) is 5.46. The van der Waals surface area contributed by atoms with Gasteiger partial charge in [0.25, 0.3) is 0 Å². The fraction of sp³-hybridized carbons (Fsp3) is 0.143. The van der Waals surface area contributed by atoms with E-state index in [1.165, 1.54) is 5.56 Å². The van der Waals surface area contributed by atoms with Crippen LogP contribution in [-0.2, 0) is 4.79 Å². The summed E-state index contributed by atoms with van der Waals surface area (Å²) in [5.41, 5.74) is 2.76. The molecule has 0 saturated heterocycles. The SMILES string of the molecule is CC(=O)/C(=C/c1ccc(C)cc1)n1cccn1. The average Bonchev–Trinajstić information content (AvgIpc) is 2.81.